The van der Waals surface area contributed by atoms with E-state index in [1.54, 1.807) is 12.1 Å². The lowest BCUT2D eigenvalue weighted by Crippen LogP contribution is -2.35. The number of hydroxylamine groups is 2. The van der Waals surface area contributed by atoms with Gasteiger partial charge >= 0.3 is 10.1 Å². The first-order chi connectivity index (χ1) is 10.9. The Hall–Kier alpha value is -1.99. The number of nitrogens with zero attached hydrogens (tertiary/aromatic N) is 1. The maximum absolute atomic E-state index is 12.4. The molecule has 1 heterocycles. The first kappa shape index (κ1) is 14.6. The van der Waals surface area contributed by atoms with E-state index in [4.69, 9.17) is 4.28 Å². The van der Waals surface area contributed by atoms with Crippen LogP contribution in [0.2, 0.25) is 0 Å². The van der Waals surface area contributed by atoms with Gasteiger partial charge in [-0.3, -0.25) is 9.59 Å². The number of imide groups is 1. The van der Waals surface area contributed by atoms with Crippen LogP contribution in [-0.2, 0) is 24.0 Å². The largest absolute Gasteiger partial charge is 0.318 e. The van der Waals surface area contributed by atoms with E-state index in [9.17, 15) is 18.0 Å². The number of fused-ring (bicyclic) bond motifs is 5. The molecule has 2 bridgehead atoms. The Morgan fingerprint density at radius 3 is 2.04 bits per heavy atom. The van der Waals surface area contributed by atoms with Gasteiger partial charge in [0.25, 0.3) is 11.8 Å². The molecule has 120 valence electrons. The maximum Gasteiger partial charge on any atom is 0.318 e. The summed E-state index contributed by atoms with van der Waals surface area (Å²) in [4.78, 5) is 24.8. The standard InChI is InChI=1S/C16H15NO5S/c1-9-2-6-12(7-3-9)23(20,21)22-17-15(18)13-10-4-5-11(8-10)14(13)16(17)19/h2-7,10-11,13-14H,8H2,1H3/t10-,11-,13-,14+/m0/s1. The first-order valence-corrected chi connectivity index (χ1v) is 8.87. The molecule has 1 aromatic carbocycles. The molecule has 0 unspecified atom stereocenters. The number of hydrogen-bond acceptors (Lipinski definition) is 5. The Kier molecular flexibility index (Phi) is 3.01. The number of benzene rings is 1. The second kappa shape index (κ2) is 4.75. The average Bonchev–Trinajstić information content (AvgIpc) is 3.17. The summed E-state index contributed by atoms with van der Waals surface area (Å²) < 4.78 is 29.5. The molecule has 3 aliphatic rings. The fourth-order valence-electron chi connectivity index (χ4n) is 3.79. The molecule has 0 N–H and O–H groups in total. The SMILES string of the molecule is Cc1ccc(S(=O)(=O)ON2C(=O)[C@@H]3[C@H](C2=O)[C@H]2C=C[C@H]3C2)cc1. The van der Waals surface area contributed by atoms with Gasteiger partial charge in [-0.2, -0.15) is 8.42 Å². The normalized spacial score (nSPS) is 32.0. The Labute approximate surface area is 133 Å². The molecule has 1 aromatic rings. The summed E-state index contributed by atoms with van der Waals surface area (Å²) in [6.45, 7) is 1.83. The summed E-state index contributed by atoms with van der Waals surface area (Å²) in [6, 6.07) is 6.04. The van der Waals surface area contributed by atoms with E-state index in [2.05, 4.69) is 0 Å². The second-order valence-electron chi connectivity index (χ2n) is 6.31. The van der Waals surface area contributed by atoms with Crippen molar-refractivity contribution in [1.29, 1.82) is 0 Å². The van der Waals surface area contributed by atoms with Crippen LogP contribution in [0.1, 0.15) is 12.0 Å². The van der Waals surface area contributed by atoms with E-state index < -0.39 is 33.8 Å². The van der Waals surface area contributed by atoms with Crippen molar-refractivity contribution in [2.75, 3.05) is 0 Å². The molecule has 2 aliphatic carbocycles. The summed E-state index contributed by atoms with van der Waals surface area (Å²) in [7, 11) is -4.21. The lowest BCUT2D eigenvalue weighted by Gasteiger charge is -2.16. The Bertz CT molecular complexity index is 797. The molecule has 7 heteroatoms. The molecular formula is C16H15NO5S. The number of amides is 2. The van der Waals surface area contributed by atoms with Gasteiger partial charge in [-0.25, -0.2) is 0 Å². The lowest BCUT2D eigenvalue weighted by atomic mass is 9.85. The lowest BCUT2D eigenvalue weighted by molar-refractivity contribution is -0.166. The fourth-order valence-corrected chi connectivity index (χ4v) is 4.69. The van der Waals surface area contributed by atoms with E-state index in [1.807, 2.05) is 19.1 Å². The molecule has 4 atom stereocenters. The molecule has 1 aliphatic heterocycles. The van der Waals surface area contributed by atoms with Gasteiger partial charge in [0.15, 0.2) is 0 Å². The predicted molar refractivity (Wildman–Crippen MR) is 79.0 cm³/mol. The van der Waals surface area contributed by atoms with Gasteiger partial charge in [0.05, 0.1) is 16.7 Å². The van der Waals surface area contributed by atoms with E-state index in [0.29, 0.717) is 5.06 Å². The van der Waals surface area contributed by atoms with Crippen LogP contribution in [-0.4, -0.2) is 25.3 Å². The maximum atomic E-state index is 12.4. The van der Waals surface area contributed by atoms with Crippen molar-refractivity contribution in [2.45, 2.75) is 18.2 Å². The van der Waals surface area contributed by atoms with E-state index in [-0.39, 0.29) is 16.7 Å². The minimum absolute atomic E-state index is 0.0112. The minimum Gasteiger partial charge on any atom is -0.272 e. The highest BCUT2D eigenvalue weighted by Gasteiger charge is 2.60. The molecule has 23 heavy (non-hydrogen) atoms. The topological polar surface area (TPSA) is 80.8 Å². The zero-order valence-corrected chi connectivity index (χ0v) is 13.2. The molecule has 0 spiro atoms. The summed E-state index contributed by atoms with van der Waals surface area (Å²) in [5, 5.41) is 0.455. The quantitative estimate of drug-likeness (QED) is 0.617. The minimum atomic E-state index is -4.21. The van der Waals surface area contributed by atoms with E-state index in [1.165, 1.54) is 12.1 Å². The van der Waals surface area contributed by atoms with Crippen LogP contribution in [0.5, 0.6) is 0 Å². The second-order valence-corrected chi connectivity index (χ2v) is 7.84. The average molecular weight is 333 g/mol. The van der Waals surface area contributed by atoms with E-state index >= 15 is 0 Å². The zero-order chi connectivity index (χ0) is 16.4. The summed E-state index contributed by atoms with van der Waals surface area (Å²) in [6.07, 6.45) is 4.66. The van der Waals surface area contributed by atoms with Crippen LogP contribution in [0.3, 0.4) is 0 Å². The van der Waals surface area contributed by atoms with Gasteiger partial charge in [0.1, 0.15) is 0 Å². The molecule has 1 saturated heterocycles. The van der Waals surface area contributed by atoms with Crippen LogP contribution in [0.25, 0.3) is 0 Å². The number of allylic oxidation sites excluding steroid dienone is 2. The van der Waals surface area contributed by atoms with Crippen LogP contribution in [0, 0.1) is 30.6 Å². The third-order valence-corrected chi connectivity index (χ3v) is 6.11. The van der Waals surface area contributed by atoms with Gasteiger partial charge in [-0.1, -0.05) is 29.8 Å². The van der Waals surface area contributed by atoms with Gasteiger partial charge in [0, 0.05) is 0 Å². The highest BCUT2D eigenvalue weighted by Crippen LogP contribution is 2.52. The van der Waals surface area contributed by atoms with Crippen LogP contribution < -0.4 is 0 Å². The van der Waals surface area contributed by atoms with Gasteiger partial charge in [0.2, 0.25) is 0 Å². The third kappa shape index (κ3) is 2.07. The Morgan fingerprint density at radius 1 is 1.00 bits per heavy atom. The molecular weight excluding hydrogens is 318 g/mol. The summed E-state index contributed by atoms with van der Waals surface area (Å²) >= 11 is 0. The van der Waals surface area contributed by atoms with Crippen molar-refractivity contribution < 1.29 is 22.3 Å². The van der Waals surface area contributed by atoms with Gasteiger partial charge in [-0.15, -0.1) is 9.35 Å². The zero-order valence-electron chi connectivity index (χ0n) is 12.4. The van der Waals surface area contributed by atoms with Crippen LogP contribution in [0.4, 0.5) is 0 Å². The smallest absolute Gasteiger partial charge is 0.272 e. The van der Waals surface area contributed by atoms with Gasteiger partial charge in [-0.05, 0) is 37.3 Å². The fraction of sp³-hybridized carbons (Fsp3) is 0.375. The Balaban J connectivity index is 1.61. The number of carbonyl (C=O) groups excluding carboxylic acids is 2. The first-order valence-electron chi connectivity index (χ1n) is 7.46. The predicted octanol–water partition coefficient (Wildman–Crippen LogP) is 1.42. The van der Waals surface area contributed by atoms with Crippen molar-refractivity contribution in [2.24, 2.45) is 23.7 Å². The molecule has 0 aromatic heterocycles. The number of carbonyl (C=O) groups is 2. The van der Waals surface area contributed by atoms with Crippen LogP contribution in [0.15, 0.2) is 41.3 Å². The summed E-state index contributed by atoms with van der Waals surface area (Å²) in [5.74, 6) is -2.04. The number of aryl methyl sites for hydroxylation is 1. The third-order valence-electron chi connectivity index (χ3n) is 4.91. The molecule has 0 radical (unpaired) electrons. The van der Waals surface area contributed by atoms with Crippen molar-refractivity contribution in [3.05, 3.63) is 42.0 Å². The monoisotopic (exact) mass is 333 g/mol. The van der Waals surface area contributed by atoms with Crippen molar-refractivity contribution >= 4 is 21.9 Å². The number of hydrogen-bond donors (Lipinski definition) is 0. The molecule has 1 saturated carbocycles. The van der Waals surface area contributed by atoms with Gasteiger partial charge < -0.3 is 0 Å². The Morgan fingerprint density at radius 2 is 1.52 bits per heavy atom. The van der Waals surface area contributed by atoms with E-state index in [0.717, 1.165) is 12.0 Å². The molecule has 4 rings (SSSR count). The molecule has 6 nitrogen and oxygen atoms in total. The summed E-state index contributed by atoms with van der Waals surface area (Å²) in [5.41, 5.74) is 0.898. The molecule has 2 fully saturated rings. The highest BCUT2D eigenvalue weighted by molar-refractivity contribution is 7.86. The van der Waals surface area contributed by atoms with Crippen LogP contribution >= 0.6 is 0 Å². The molecule has 2 amide bonds. The van der Waals surface area contributed by atoms with Crippen molar-refractivity contribution in [3.8, 4) is 0 Å². The van der Waals surface area contributed by atoms with Crippen molar-refractivity contribution in [3.63, 3.8) is 0 Å². The highest BCUT2D eigenvalue weighted by atomic mass is 32.2. The van der Waals surface area contributed by atoms with Crippen molar-refractivity contribution in [1.82, 2.24) is 5.06 Å². The number of rotatable bonds is 3.